The van der Waals surface area contributed by atoms with Crippen molar-refractivity contribution in [3.8, 4) is 0 Å². The third-order valence-electron chi connectivity index (χ3n) is 5.23. The van der Waals surface area contributed by atoms with Gasteiger partial charge in [0, 0.05) is 25.6 Å². The molecule has 0 saturated heterocycles. The predicted molar refractivity (Wildman–Crippen MR) is 132 cm³/mol. The molecule has 2 N–H and O–H groups in total. The minimum Gasteiger partial charge on any atom is -0.356 e. The minimum atomic E-state index is 0. The molecule has 0 unspecified atom stereocenters. The molecule has 29 heavy (non-hydrogen) atoms. The first kappa shape index (κ1) is 25.4. The number of nitrogens with one attached hydrogen (secondary N) is 2. The highest BCUT2D eigenvalue weighted by Crippen LogP contribution is 2.22. The molecule has 0 bridgehead atoms. The SMILES string of the molecule is CCCCNC(=NCc1nnc(C)n1C)NCC(C)(C)c1ccc(CC)cc1.I. The number of aromatic nitrogens is 3. The molecule has 1 aromatic carbocycles. The summed E-state index contributed by atoms with van der Waals surface area (Å²) in [7, 11) is 1.97. The van der Waals surface area contributed by atoms with Gasteiger partial charge in [-0.25, -0.2) is 4.99 Å². The number of guanidine groups is 1. The van der Waals surface area contributed by atoms with Gasteiger partial charge in [-0.05, 0) is 30.9 Å². The molecule has 1 aromatic heterocycles. The fraction of sp³-hybridized carbons (Fsp3) is 0.591. The fourth-order valence-corrected chi connectivity index (χ4v) is 2.89. The Bertz CT molecular complexity index is 764. The van der Waals surface area contributed by atoms with E-state index in [2.05, 4.69) is 72.8 Å². The maximum absolute atomic E-state index is 4.74. The molecule has 0 aliphatic carbocycles. The largest absolute Gasteiger partial charge is 0.356 e. The number of unbranched alkanes of at least 4 members (excludes halogenated alkanes) is 1. The van der Waals surface area contributed by atoms with Crippen LogP contribution in [0.5, 0.6) is 0 Å². The highest BCUT2D eigenvalue weighted by atomic mass is 127. The average molecular weight is 512 g/mol. The number of aliphatic imine (C=N–C) groups is 1. The van der Waals surface area contributed by atoms with Gasteiger partial charge < -0.3 is 15.2 Å². The summed E-state index contributed by atoms with van der Waals surface area (Å²) in [5, 5.41) is 15.3. The lowest BCUT2D eigenvalue weighted by molar-refractivity contribution is 0.507. The van der Waals surface area contributed by atoms with Crippen molar-refractivity contribution >= 4 is 29.9 Å². The van der Waals surface area contributed by atoms with E-state index in [1.807, 2.05) is 18.5 Å². The van der Waals surface area contributed by atoms with Crippen LogP contribution in [0.3, 0.4) is 0 Å². The average Bonchev–Trinajstić information content (AvgIpc) is 3.02. The number of hydrogen-bond acceptors (Lipinski definition) is 3. The molecule has 0 atom stereocenters. The summed E-state index contributed by atoms with van der Waals surface area (Å²) in [5.41, 5.74) is 2.70. The van der Waals surface area contributed by atoms with Crippen LogP contribution in [0, 0.1) is 6.92 Å². The summed E-state index contributed by atoms with van der Waals surface area (Å²) in [6.07, 6.45) is 3.34. The van der Waals surface area contributed by atoms with E-state index in [0.717, 1.165) is 50.0 Å². The molecule has 7 heteroatoms. The predicted octanol–water partition coefficient (Wildman–Crippen LogP) is 4.12. The van der Waals surface area contributed by atoms with E-state index in [1.165, 1.54) is 11.1 Å². The third kappa shape index (κ3) is 7.60. The van der Waals surface area contributed by atoms with Crippen molar-refractivity contribution in [2.75, 3.05) is 13.1 Å². The van der Waals surface area contributed by atoms with Crippen LogP contribution in [0.2, 0.25) is 0 Å². The molecule has 0 saturated carbocycles. The first-order valence-corrected chi connectivity index (χ1v) is 10.3. The van der Waals surface area contributed by atoms with Gasteiger partial charge in [0.1, 0.15) is 12.4 Å². The quantitative estimate of drug-likeness (QED) is 0.230. The van der Waals surface area contributed by atoms with Gasteiger partial charge in [-0.1, -0.05) is 58.4 Å². The molecular weight excluding hydrogens is 475 g/mol. The lowest BCUT2D eigenvalue weighted by atomic mass is 9.84. The monoisotopic (exact) mass is 512 g/mol. The molecule has 162 valence electrons. The van der Waals surface area contributed by atoms with Crippen LogP contribution < -0.4 is 10.6 Å². The van der Waals surface area contributed by atoms with Crippen molar-refractivity contribution in [3.63, 3.8) is 0 Å². The molecule has 0 aliphatic rings. The number of nitrogens with zero attached hydrogens (tertiary/aromatic N) is 4. The molecular formula is C22H37IN6. The molecule has 0 radical (unpaired) electrons. The van der Waals surface area contributed by atoms with E-state index >= 15 is 0 Å². The van der Waals surface area contributed by atoms with Gasteiger partial charge in [0.05, 0.1) is 0 Å². The Hall–Kier alpha value is -1.64. The molecule has 2 rings (SSSR count). The Kier molecular flexibility index (Phi) is 10.6. The lowest BCUT2D eigenvalue weighted by Crippen LogP contribution is -2.43. The molecule has 2 aromatic rings. The Morgan fingerprint density at radius 3 is 2.34 bits per heavy atom. The standard InChI is InChI=1S/C22H36N6.HI/c1-7-9-14-23-21(24-15-20-27-26-17(3)28(20)6)25-16-22(4,5)19-12-10-18(8-2)11-13-19;/h10-13H,7-9,14-16H2,1-6H3,(H2,23,24,25);1H. The van der Waals surface area contributed by atoms with Crippen molar-refractivity contribution in [2.45, 2.75) is 65.8 Å². The summed E-state index contributed by atoms with van der Waals surface area (Å²) in [5.74, 6) is 2.59. The second kappa shape index (κ2) is 12.1. The van der Waals surface area contributed by atoms with Gasteiger partial charge in [-0.2, -0.15) is 0 Å². The van der Waals surface area contributed by atoms with E-state index < -0.39 is 0 Å². The zero-order valence-electron chi connectivity index (χ0n) is 18.7. The van der Waals surface area contributed by atoms with Gasteiger partial charge in [0.2, 0.25) is 0 Å². The second-order valence-corrected chi connectivity index (χ2v) is 7.96. The summed E-state index contributed by atoms with van der Waals surface area (Å²) < 4.78 is 1.98. The summed E-state index contributed by atoms with van der Waals surface area (Å²) in [6, 6.07) is 8.93. The zero-order valence-corrected chi connectivity index (χ0v) is 21.1. The van der Waals surface area contributed by atoms with Crippen LogP contribution in [-0.4, -0.2) is 33.8 Å². The normalized spacial score (nSPS) is 11.9. The van der Waals surface area contributed by atoms with Crippen LogP contribution in [0.1, 0.15) is 63.3 Å². The topological polar surface area (TPSA) is 67.1 Å². The Balaban J connectivity index is 0.00000420. The van der Waals surface area contributed by atoms with Crippen molar-refractivity contribution in [3.05, 3.63) is 47.0 Å². The van der Waals surface area contributed by atoms with Gasteiger partial charge in [0.15, 0.2) is 11.8 Å². The van der Waals surface area contributed by atoms with Gasteiger partial charge >= 0.3 is 0 Å². The number of benzene rings is 1. The molecule has 0 aliphatic heterocycles. The summed E-state index contributed by atoms with van der Waals surface area (Å²) >= 11 is 0. The minimum absolute atomic E-state index is 0. The van der Waals surface area contributed by atoms with E-state index in [1.54, 1.807) is 0 Å². The van der Waals surface area contributed by atoms with Crippen molar-refractivity contribution in [2.24, 2.45) is 12.0 Å². The summed E-state index contributed by atoms with van der Waals surface area (Å²) in [6.45, 7) is 13.1. The van der Waals surface area contributed by atoms with Gasteiger partial charge in [-0.3, -0.25) is 0 Å². The molecule has 0 spiro atoms. The highest BCUT2D eigenvalue weighted by molar-refractivity contribution is 14.0. The van der Waals surface area contributed by atoms with Crippen LogP contribution in [0.25, 0.3) is 0 Å². The van der Waals surface area contributed by atoms with Crippen LogP contribution >= 0.6 is 24.0 Å². The number of rotatable bonds is 9. The lowest BCUT2D eigenvalue weighted by Gasteiger charge is -2.27. The van der Waals surface area contributed by atoms with Crippen molar-refractivity contribution in [1.82, 2.24) is 25.4 Å². The van der Waals surface area contributed by atoms with Gasteiger partial charge in [-0.15, -0.1) is 34.2 Å². The second-order valence-electron chi connectivity index (χ2n) is 7.96. The van der Waals surface area contributed by atoms with E-state index in [-0.39, 0.29) is 29.4 Å². The van der Waals surface area contributed by atoms with Crippen molar-refractivity contribution in [1.29, 1.82) is 0 Å². The number of halogens is 1. The third-order valence-corrected chi connectivity index (χ3v) is 5.23. The van der Waals surface area contributed by atoms with Crippen LogP contribution in [-0.2, 0) is 25.4 Å². The van der Waals surface area contributed by atoms with E-state index in [9.17, 15) is 0 Å². The molecule has 0 amide bonds. The number of aryl methyl sites for hydroxylation is 2. The smallest absolute Gasteiger partial charge is 0.191 e. The first-order valence-electron chi connectivity index (χ1n) is 10.3. The maximum atomic E-state index is 4.74. The fourth-order valence-electron chi connectivity index (χ4n) is 2.89. The molecule has 0 fully saturated rings. The maximum Gasteiger partial charge on any atom is 0.191 e. The van der Waals surface area contributed by atoms with Gasteiger partial charge in [0.25, 0.3) is 0 Å². The van der Waals surface area contributed by atoms with E-state index in [0.29, 0.717) is 6.54 Å². The van der Waals surface area contributed by atoms with E-state index in [4.69, 9.17) is 4.99 Å². The Morgan fingerprint density at radius 2 is 1.79 bits per heavy atom. The Morgan fingerprint density at radius 1 is 1.10 bits per heavy atom. The zero-order chi connectivity index (χ0) is 20.6. The first-order chi connectivity index (χ1) is 13.4. The van der Waals surface area contributed by atoms with Crippen molar-refractivity contribution < 1.29 is 0 Å². The van der Waals surface area contributed by atoms with Crippen LogP contribution in [0.4, 0.5) is 0 Å². The molecule has 6 nitrogen and oxygen atoms in total. The summed E-state index contributed by atoms with van der Waals surface area (Å²) in [4.78, 5) is 4.74. The molecule has 1 heterocycles. The number of hydrogen-bond donors (Lipinski definition) is 2. The highest BCUT2D eigenvalue weighted by Gasteiger charge is 2.21. The van der Waals surface area contributed by atoms with Crippen LogP contribution in [0.15, 0.2) is 29.3 Å². The Labute approximate surface area is 193 Å².